The standard InChI is InChI=1S/C10H13N5O3/c1-3-15-8-4(9(17)14(2)10(15)18)6(16)5(11)7(12)13-8/h3,11H2,1-2H3,(H3,12,13,16). The summed E-state index contributed by atoms with van der Waals surface area (Å²) >= 11 is 0. The van der Waals surface area contributed by atoms with Gasteiger partial charge in [-0.25, -0.2) is 4.79 Å². The van der Waals surface area contributed by atoms with Gasteiger partial charge in [0.15, 0.2) is 0 Å². The Morgan fingerprint density at radius 1 is 1.22 bits per heavy atom. The summed E-state index contributed by atoms with van der Waals surface area (Å²) in [5.74, 6) is -0.0534. The summed E-state index contributed by atoms with van der Waals surface area (Å²) in [7, 11) is 1.31. The summed E-state index contributed by atoms with van der Waals surface area (Å²) in [6, 6.07) is 0. The average Bonchev–Trinajstić information content (AvgIpc) is 2.34. The number of H-pyrrole nitrogens is 1. The minimum absolute atomic E-state index is 0.0534. The molecule has 0 saturated heterocycles. The monoisotopic (exact) mass is 251 g/mol. The Morgan fingerprint density at radius 2 is 1.83 bits per heavy atom. The Balaban J connectivity index is 3.28. The van der Waals surface area contributed by atoms with Gasteiger partial charge in [0.25, 0.3) is 5.56 Å². The molecule has 0 saturated carbocycles. The van der Waals surface area contributed by atoms with Crippen molar-refractivity contribution in [2.75, 3.05) is 11.5 Å². The Labute approximate surface area is 100 Å². The number of rotatable bonds is 1. The maximum atomic E-state index is 11.9. The lowest BCUT2D eigenvalue weighted by atomic mass is 10.2. The first-order chi connectivity index (χ1) is 8.40. The van der Waals surface area contributed by atoms with Crippen molar-refractivity contribution in [3.63, 3.8) is 0 Å². The minimum atomic E-state index is -0.687. The van der Waals surface area contributed by atoms with Crippen molar-refractivity contribution >= 4 is 22.5 Å². The van der Waals surface area contributed by atoms with Gasteiger partial charge in [-0.05, 0) is 6.92 Å². The summed E-state index contributed by atoms with van der Waals surface area (Å²) < 4.78 is 2.13. The van der Waals surface area contributed by atoms with Crippen LogP contribution in [0.2, 0.25) is 0 Å². The zero-order valence-electron chi connectivity index (χ0n) is 9.98. The number of nitrogens with zero attached hydrogens (tertiary/aromatic N) is 2. The van der Waals surface area contributed by atoms with Crippen molar-refractivity contribution in [1.82, 2.24) is 14.1 Å². The molecule has 0 bridgehead atoms. The second-order valence-corrected chi connectivity index (χ2v) is 3.90. The number of nitrogens with two attached hydrogens (primary N) is 2. The highest BCUT2D eigenvalue weighted by atomic mass is 16.2. The van der Waals surface area contributed by atoms with Crippen molar-refractivity contribution in [1.29, 1.82) is 0 Å². The van der Waals surface area contributed by atoms with Crippen LogP contribution in [-0.4, -0.2) is 14.1 Å². The molecule has 2 heterocycles. The molecule has 0 spiro atoms. The fourth-order valence-electron chi connectivity index (χ4n) is 1.85. The highest BCUT2D eigenvalue weighted by molar-refractivity contribution is 5.81. The molecule has 0 aliphatic rings. The highest BCUT2D eigenvalue weighted by Crippen LogP contribution is 2.10. The van der Waals surface area contributed by atoms with Gasteiger partial charge in [-0.3, -0.25) is 18.7 Å². The van der Waals surface area contributed by atoms with Gasteiger partial charge in [-0.1, -0.05) is 0 Å². The third kappa shape index (κ3) is 1.35. The fraction of sp³-hybridized carbons (Fsp3) is 0.300. The molecule has 0 unspecified atom stereocenters. The van der Waals surface area contributed by atoms with E-state index in [1.165, 1.54) is 11.6 Å². The van der Waals surface area contributed by atoms with Crippen molar-refractivity contribution in [3.05, 3.63) is 31.1 Å². The van der Waals surface area contributed by atoms with Gasteiger partial charge >= 0.3 is 5.69 Å². The number of aromatic nitrogens is 3. The molecule has 5 N–H and O–H groups in total. The summed E-state index contributed by atoms with van der Waals surface area (Å²) in [6.07, 6.45) is 0. The lowest BCUT2D eigenvalue weighted by Crippen LogP contribution is -2.40. The van der Waals surface area contributed by atoms with Gasteiger partial charge in [0.2, 0.25) is 5.43 Å². The molecule has 0 aliphatic carbocycles. The van der Waals surface area contributed by atoms with Gasteiger partial charge in [-0.2, -0.15) is 0 Å². The van der Waals surface area contributed by atoms with Gasteiger partial charge in [0.1, 0.15) is 22.5 Å². The number of hydrogen-bond acceptors (Lipinski definition) is 5. The summed E-state index contributed by atoms with van der Waals surface area (Å²) in [4.78, 5) is 38.4. The van der Waals surface area contributed by atoms with E-state index >= 15 is 0 Å². The second kappa shape index (κ2) is 3.76. The predicted octanol–water partition coefficient (Wildman–Crippen LogP) is -1.43. The Kier molecular flexibility index (Phi) is 2.50. The summed E-state index contributed by atoms with van der Waals surface area (Å²) in [5.41, 5.74) is 9.04. The second-order valence-electron chi connectivity index (χ2n) is 3.90. The van der Waals surface area contributed by atoms with E-state index in [0.717, 1.165) is 4.57 Å². The lowest BCUT2D eigenvalue weighted by molar-refractivity contribution is 0.651. The van der Waals surface area contributed by atoms with Crippen LogP contribution in [-0.2, 0) is 13.6 Å². The van der Waals surface area contributed by atoms with Crippen LogP contribution >= 0.6 is 0 Å². The molecule has 0 aromatic carbocycles. The molecular formula is C10H13N5O3. The largest absolute Gasteiger partial charge is 0.393 e. The van der Waals surface area contributed by atoms with E-state index in [4.69, 9.17) is 11.5 Å². The molecule has 8 nitrogen and oxygen atoms in total. The van der Waals surface area contributed by atoms with Gasteiger partial charge in [0.05, 0.1) is 0 Å². The van der Waals surface area contributed by atoms with Crippen LogP contribution in [0.1, 0.15) is 6.92 Å². The molecule has 8 heteroatoms. The van der Waals surface area contributed by atoms with Crippen molar-refractivity contribution in [3.8, 4) is 0 Å². The van der Waals surface area contributed by atoms with E-state index < -0.39 is 16.7 Å². The number of aryl methyl sites for hydroxylation is 1. The SMILES string of the molecule is CCn1c(=O)n(C)c(=O)c2c(=O)c(N)c(N)[nH]c21. The van der Waals surface area contributed by atoms with Crippen LogP contribution in [0, 0.1) is 0 Å². The molecule has 96 valence electrons. The molecule has 0 radical (unpaired) electrons. The summed E-state index contributed by atoms with van der Waals surface area (Å²) in [5, 5.41) is -0.161. The van der Waals surface area contributed by atoms with Crippen LogP contribution in [0.3, 0.4) is 0 Å². The lowest BCUT2D eigenvalue weighted by Gasteiger charge is -2.11. The molecule has 2 aromatic heterocycles. The fourth-order valence-corrected chi connectivity index (χ4v) is 1.85. The van der Waals surface area contributed by atoms with Crippen LogP contribution in [0.5, 0.6) is 0 Å². The number of hydrogen-bond donors (Lipinski definition) is 3. The van der Waals surface area contributed by atoms with Crippen LogP contribution < -0.4 is 28.1 Å². The topological polar surface area (TPSA) is 129 Å². The average molecular weight is 251 g/mol. The smallest absolute Gasteiger partial charge is 0.332 e. The highest BCUT2D eigenvalue weighted by Gasteiger charge is 2.16. The molecule has 2 rings (SSSR count). The van der Waals surface area contributed by atoms with Crippen molar-refractivity contribution in [2.45, 2.75) is 13.5 Å². The Bertz CT molecular complexity index is 811. The molecule has 2 aromatic rings. The number of pyridine rings is 1. The normalized spacial score (nSPS) is 11.0. The maximum Gasteiger partial charge on any atom is 0.332 e. The number of fused-ring (bicyclic) bond motifs is 1. The zero-order valence-corrected chi connectivity index (χ0v) is 9.98. The molecule has 0 aliphatic heterocycles. The van der Waals surface area contributed by atoms with E-state index in [2.05, 4.69) is 4.98 Å². The number of nitrogen functional groups attached to an aromatic ring is 2. The molecule has 18 heavy (non-hydrogen) atoms. The third-order valence-corrected chi connectivity index (χ3v) is 2.87. The van der Waals surface area contributed by atoms with E-state index in [-0.39, 0.29) is 22.5 Å². The van der Waals surface area contributed by atoms with Crippen molar-refractivity contribution in [2.24, 2.45) is 7.05 Å². The summed E-state index contributed by atoms with van der Waals surface area (Å²) in [6.45, 7) is 2.01. The van der Waals surface area contributed by atoms with E-state index in [1.54, 1.807) is 6.92 Å². The number of aromatic amines is 1. The number of anilines is 2. The quantitative estimate of drug-likeness (QED) is 0.572. The minimum Gasteiger partial charge on any atom is -0.393 e. The number of nitrogens with one attached hydrogen (secondary N) is 1. The van der Waals surface area contributed by atoms with Gasteiger partial charge in [0, 0.05) is 13.6 Å². The predicted molar refractivity (Wildman–Crippen MR) is 68.6 cm³/mol. The van der Waals surface area contributed by atoms with E-state index in [9.17, 15) is 14.4 Å². The van der Waals surface area contributed by atoms with Crippen LogP contribution in [0.4, 0.5) is 11.5 Å². The van der Waals surface area contributed by atoms with Gasteiger partial charge in [-0.15, -0.1) is 0 Å². The maximum absolute atomic E-state index is 11.9. The van der Waals surface area contributed by atoms with Crippen LogP contribution in [0.15, 0.2) is 14.4 Å². The van der Waals surface area contributed by atoms with Crippen LogP contribution in [0.25, 0.3) is 11.0 Å². The first-order valence-electron chi connectivity index (χ1n) is 5.30. The van der Waals surface area contributed by atoms with E-state index in [1.807, 2.05) is 0 Å². The molecule has 0 fully saturated rings. The Morgan fingerprint density at radius 3 is 2.39 bits per heavy atom. The first kappa shape index (κ1) is 12.0. The molecule has 0 amide bonds. The zero-order chi connectivity index (χ0) is 13.6. The van der Waals surface area contributed by atoms with E-state index in [0.29, 0.717) is 6.54 Å². The molecular weight excluding hydrogens is 238 g/mol. The Hall–Kier alpha value is -2.51. The molecule has 0 atom stereocenters. The third-order valence-electron chi connectivity index (χ3n) is 2.87. The first-order valence-corrected chi connectivity index (χ1v) is 5.30. The van der Waals surface area contributed by atoms with Gasteiger partial charge < -0.3 is 16.5 Å². The van der Waals surface area contributed by atoms with Crippen molar-refractivity contribution < 1.29 is 0 Å².